The van der Waals surface area contributed by atoms with Crippen LogP contribution >= 0.6 is 0 Å². The molecular formula is C20H22N4O6. The zero-order chi connectivity index (χ0) is 21.5. The topological polar surface area (TPSA) is 120 Å². The highest BCUT2D eigenvalue weighted by Crippen LogP contribution is 2.13. The Morgan fingerprint density at radius 2 is 1.93 bits per heavy atom. The molecule has 1 fully saturated rings. The summed E-state index contributed by atoms with van der Waals surface area (Å²) >= 11 is 0. The Morgan fingerprint density at radius 1 is 1.17 bits per heavy atom. The lowest BCUT2D eigenvalue weighted by Crippen LogP contribution is -2.58. The Balaban J connectivity index is 1.73. The first-order valence-electron chi connectivity index (χ1n) is 9.41. The molecule has 158 valence electrons. The number of piperazine rings is 1. The number of methoxy groups -OCH3 is 1. The van der Waals surface area contributed by atoms with E-state index < -0.39 is 23.8 Å². The lowest BCUT2D eigenvalue weighted by Gasteiger charge is -2.34. The fraction of sp³-hybridized carbons (Fsp3) is 0.350. The molecule has 3 rings (SSSR count). The summed E-state index contributed by atoms with van der Waals surface area (Å²) in [4.78, 5) is 50.2. The van der Waals surface area contributed by atoms with E-state index in [0.717, 1.165) is 4.68 Å². The van der Waals surface area contributed by atoms with Gasteiger partial charge in [0.2, 0.25) is 5.91 Å². The van der Waals surface area contributed by atoms with Crippen molar-refractivity contribution in [3.05, 3.63) is 58.5 Å². The van der Waals surface area contributed by atoms with Crippen LogP contribution in [-0.4, -0.2) is 65.3 Å². The predicted molar refractivity (Wildman–Crippen MR) is 105 cm³/mol. The first kappa shape index (κ1) is 21.0. The molecule has 1 saturated heterocycles. The van der Waals surface area contributed by atoms with Gasteiger partial charge in [-0.1, -0.05) is 18.2 Å². The van der Waals surface area contributed by atoms with Crippen LogP contribution in [0.1, 0.15) is 16.9 Å². The second kappa shape index (κ2) is 9.68. The number of carbonyl (C=O) groups excluding carboxylic acids is 3. The van der Waals surface area contributed by atoms with Crippen molar-refractivity contribution in [2.75, 3.05) is 26.8 Å². The first-order valence-corrected chi connectivity index (χ1v) is 9.41. The van der Waals surface area contributed by atoms with Gasteiger partial charge in [0.25, 0.3) is 11.5 Å². The van der Waals surface area contributed by atoms with Gasteiger partial charge in [-0.25, -0.2) is 4.68 Å². The molecule has 30 heavy (non-hydrogen) atoms. The summed E-state index contributed by atoms with van der Waals surface area (Å²) in [6.07, 6.45) is -0.265. The molecule has 2 amide bonds. The molecule has 1 aliphatic rings. The minimum absolute atomic E-state index is 0.00104. The number of para-hydroxylation sites is 1. The van der Waals surface area contributed by atoms with Gasteiger partial charge in [0.05, 0.1) is 20.1 Å². The predicted octanol–water partition coefficient (Wildman–Crippen LogP) is -0.174. The molecule has 0 spiro atoms. The number of benzene rings is 1. The van der Waals surface area contributed by atoms with Crippen molar-refractivity contribution in [3.63, 3.8) is 0 Å². The van der Waals surface area contributed by atoms with Gasteiger partial charge in [-0.2, -0.15) is 5.10 Å². The minimum Gasteiger partial charge on any atom is -0.492 e. The average molecular weight is 414 g/mol. The quantitative estimate of drug-likeness (QED) is 0.625. The second-order valence-electron chi connectivity index (χ2n) is 6.53. The maximum atomic E-state index is 13.0. The van der Waals surface area contributed by atoms with E-state index in [2.05, 4.69) is 15.2 Å². The third-order valence-corrected chi connectivity index (χ3v) is 4.58. The van der Waals surface area contributed by atoms with E-state index >= 15 is 0 Å². The van der Waals surface area contributed by atoms with Crippen LogP contribution in [0.5, 0.6) is 5.75 Å². The summed E-state index contributed by atoms with van der Waals surface area (Å²) in [7, 11) is 1.21. The largest absolute Gasteiger partial charge is 0.492 e. The van der Waals surface area contributed by atoms with Gasteiger partial charge in [0.15, 0.2) is 0 Å². The van der Waals surface area contributed by atoms with Gasteiger partial charge < -0.3 is 19.7 Å². The van der Waals surface area contributed by atoms with Crippen molar-refractivity contribution in [3.8, 4) is 5.75 Å². The Morgan fingerprint density at radius 3 is 2.67 bits per heavy atom. The number of nitrogens with zero attached hydrogens (tertiary/aromatic N) is 3. The molecule has 1 N–H and O–H groups in total. The highest BCUT2D eigenvalue weighted by molar-refractivity contribution is 5.98. The normalized spacial score (nSPS) is 16.0. The molecule has 1 aliphatic heterocycles. The van der Waals surface area contributed by atoms with Crippen molar-refractivity contribution < 1.29 is 23.9 Å². The standard InChI is InChI=1S/C20H22N4O6/c1-29-18(26)13-16-19(27)21-9-10-23(16)20(28)15-7-8-17(25)24(22-15)11-12-30-14-5-3-2-4-6-14/h2-8,16H,9-13H2,1H3,(H,21,27). The van der Waals surface area contributed by atoms with E-state index in [-0.39, 0.29) is 43.9 Å². The SMILES string of the molecule is COC(=O)CC1C(=O)NCCN1C(=O)c1ccc(=O)n(CCOc2ccccc2)n1. The van der Waals surface area contributed by atoms with Crippen LogP contribution in [0, 0.1) is 0 Å². The number of amides is 2. The van der Waals surface area contributed by atoms with Gasteiger partial charge in [-0.05, 0) is 18.2 Å². The lowest BCUT2D eigenvalue weighted by molar-refractivity contribution is -0.145. The molecule has 1 atom stereocenters. The van der Waals surface area contributed by atoms with E-state index in [9.17, 15) is 19.2 Å². The van der Waals surface area contributed by atoms with Crippen molar-refractivity contribution in [1.82, 2.24) is 20.0 Å². The average Bonchev–Trinajstić information content (AvgIpc) is 2.76. The molecule has 2 heterocycles. The van der Waals surface area contributed by atoms with Gasteiger partial charge in [-0.3, -0.25) is 19.2 Å². The summed E-state index contributed by atoms with van der Waals surface area (Å²) in [6, 6.07) is 10.7. The van der Waals surface area contributed by atoms with Crippen LogP contribution in [0.2, 0.25) is 0 Å². The smallest absolute Gasteiger partial charge is 0.308 e. The Bertz CT molecular complexity index is 975. The molecule has 2 aromatic rings. The Hall–Kier alpha value is -3.69. The van der Waals surface area contributed by atoms with E-state index in [4.69, 9.17) is 4.74 Å². The third kappa shape index (κ3) is 5.02. The number of rotatable bonds is 7. The van der Waals surface area contributed by atoms with Crippen molar-refractivity contribution in [1.29, 1.82) is 0 Å². The summed E-state index contributed by atoms with van der Waals surface area (Å²) in [5, 5.41) is 6.75. The summed E-state index contributed by atoms with van der Waals surface area (Å²) < 4.78 is 11.3. The van der Waals surface area contributed by atoms with Crippen molar-refractivity contribution in [2.45, 2.75) is 19.0 Å². The molecule has 1 aromatic heterocycles. The number of hydrogen-bond acceptors (Lipinski definition) is 7. The van der Waals surface area contributed by atoms with E-state index in [1.807, 2.05) is 18.2 Å². The second-order valence-corrected chi connectivity index (χ2v) is 6.53. The molecular weight excluding hydrogens is 392 g/mol. The fourth-order valence-corrected chi connectivity index (χ4v) is 3.04. The third-order valence-electron chi connectivity index (χ3n) is 4.58. The number of nitrogens with one attached hydrogen (secondary N) is 1. The molecule has 1 unspecified atom stereocenters. The lowest BCUT2D eigenvalue weighted by atomic mass is 10.1. The molecule has 0 radical (unpaired) electrons. The maximum absolute atomic E-state index is 13.0. The highest BCUT2D eigenvalue weighted by atomic mass is 16.5. The molecule has 1 aromatic carbocycles. The monoisotopic (exact) mass is 414 g/mol. The molecule has 10 nitrogen and oxygen atoms in total. The molecule has 0 aliphatic carbocycles. The number of aromatic nitrogens is 2. The highest BCUT2D eigenvalue weighted by Gasteiger charge is 2.36. The number of ether oxygens (including phenoxy) is 2. The van der Waals surface area contributed by atoms with E-state index in [0.29, 0.717) is 5.75 Å². The summed E-state index contributed by atoms with van der Waals surface area (Å²) in [6.45, 7) is 0.795. The van der Waals surface area contributed by atoms with Gasteiger partial charge in [0, 0.05) is 19.2 Å². The van der Waals surface area contributed by atoms with Gasteiger partial charge in [-0.15, -0.1) is 0 Å². The van der Waals surface area contributed by atoms with Crippen LogP contribution in [-0.2, 0) is 20.9 Å². The fourth-order valence-electron chi connectivity index (χ4n) is 3.04. The van der Waals surface area contributed by atoms with Crippen LogP contribution in [0.15, 0.2) is 47.3 Å². The van der Waals surface area contributed by atoms with Crippen LogP contribution in [0.25, 0.3) is 0 Å². The molecule has 10 heteroatoms. The Labute approximate surface area is 172 Å². The summed E-state index contributed by atoms with van der Waals surface area (Å²) in [5.41, 5.74) is -0.385. The zero-order valence-electron chi connectivity index (χ0n) is 16.4. The zero-order valence-corrected chi connectivity index (χ0v) is 16.4. The minimum atomic E-state index is -0.998. The first-order chi connectivity index (χ1) is 14.5. The van der Waals surface area contributed by atoms with Crippen molar-refractivity contribution in [2.24, 2.45) is 0 Å². The van der Waals surface area contributed by atoms with E-state index in [1.165, 1.54) is 24.1 Å². The van der Waals surface area contributed by atoms with Gasteiger partial charge >= 0.3 is 5.97 Å². The van der Waals surface area contributed by atoms with Crippen LogP contribution in [0.4, 0.5) is 0 Å². The van der Waals surface area contributed by atoms with Crippen LogP contribution < -0.4 is 15.6 Å². The van der Waals surface area contributed by atoms with Crippen LogP contribution in [0.3, 0.4) is 0 Å². The summed E-state index contributed by atoms with van der Waals surface area (Å²) in [5.74, 6) is -0.935. The number of carbonyl (C=O) groups is 3. The van der Waals surface area contributed by atoms with Gasteiger partial charge in [0.1, 0.15) is 24.1 Å². The number of hydrogen-bond donors (Lipinski definition) is 1. The van der Waals surface area contributed by atoms with E-state index in [1.54, 1.807) is 12.1 Å². The Kier molecular flexibility index (Phi) is 6.79. The maximum Gasteiger partial charge on any atom is 0.308 e. The molecule has 0 saturated carbocycles. The van der Waals surface area contributed by atoms with Crippen molar-refractivity contribution >= 4 is 17.8 Å². The molecule has 0 bridgehead atoms. The number of esters is 1.